The molecule has 0 saturated heterocycles. The van der Waals surface area contributed by atoms with Crippen LogP contribution in [0.25, 0.3) is 0 Å². The Balaban J connectivity index is -0.000000116. The van der Waals surface area contributed by atoms with Gasteiger partial charge in [0.1, 0.15) is 0 Å². The molecule has 0 amide bonds. The van der Waals surface area contributed by atoms with E-state index < -0.39 is 23.5 Å². The number of hydrogen-bond acceptors (Lipinski definition) is 4. The van der Waals surface area contributed by atoms with Gasteiger partial charge in [-0.3, -0.25) is 9.59 Å². The minimum Gasteiger partial charge on any atom is -0.475 e. The van der Waals surface area contributed by atoms with Crippen LogP contribution in [0.1, 0.15) is 40.5 Å². The van der Waals surface area contributed by atoms with Gasteiger partial charge in [0.15, 0.2) is 0 Å². The maximum Gasteiger partial charge on any atom is 0.372 e. The Morgan fingerprint density at radius 1 is 0.800 bits per heavy atom. The van der Waals surface area contributed by atoms with Gasteiger partial charge in [-0.1, -0.05) is 27.7 Å². The minimum atomic E-state index is -1.33. The van der Waals surface area contributed by atoms with E-state index in [4.69, 9.17) is 10.2 Å². The van der Waals surface area contributed by atoms with Crippen molar-refractivity contribution in [2.24, 2.45) is 11.8 Å². The smallest absolute Gasteiger partial charge is 0.372 e. The number of Topliss-reactive ketones (excluding diaryl/α,β-unsaturated/α-hetero) is 2. The summed E-state index contributed by atoms with van der Waals surface area (Å²) in [6.45, 7) is 6.78. The van der Waals surface area contributed by atoms with Gasteiger partial charge in [-0.05, 0) is 12.8 Å². The number of aliphatic carboxylic acids is 2. The topological polar surface area (TPSA) is 140 Å². The normalized spacial score (nSPS) is 11.4. The van der Waals surface area contributed by atoms with E-state index in [9.17, 15) is 19.2 Å². The average molecular weight is 318 g/mol. The summed E-state index contributed by atoms with van der Waals surface area (Å²) >= 11 is 0. The Kier molecular flexibility index (Phi) is 20.7. The Bertz CT molecular complexity index is 296. The zero-order chi connectivity index (χ0) is 14.9. The SMILES string of the molecule is CCC(C)C(=O)C(=O)O.CCC(C)C(=O)C(=O)O.O.[Ca]. The van der Waals surface area contributed by atoms with Gasteiger partial charge in [-0.15, -0.1) is 0 Å². The Labute approximate surface area is 148 Å². The van der Waals surface area contributed by atoms with E-state index in [0.717, 1.165) is 0 Å². The molecule has 0 rings (SSSR count). The summed E-state index contributed by atoms with van der Waals surface area (Å²) in [5.74, 6) is -4.74. The second-order valence-electron chi connectivity index (χ2n) is 3.96. The Morgan fingerprint density at radius 2 is 1.00 bits per heavy atom. The van der Waals surface area contributed by atoms with Crippen LogP contribution in [0.5, 0.6) is 0 Å². The summed E-state index contributed by atoms with van der Waals surface area (Å²) in [4.78, 5) is 40.8. The molecule has 0 heterocycles. The van der Waals surface area contributed by atoms with Gasteiger partial charge in [0.2, 0.25) is 11.6 Å². The average Bonchev–Trinajstić information content (AvgIpc) is 2.35. The van der Waals surface area contributed by atoms with Crippen molar-refractivity contribution in [1.82, 2.24) is 0 Å². The first-order chi connectivity index (χ1) is 8.18. The molecule has 0 bridgehead atoms. The summed E-state index contributed by atoms with van der Waals surface area (Å²) in [6.07, 6.45) is 1.18. The molecular formula is C12H22CaO7. The number of rotatable bonds is 6. The predicted molar refractivity (Wildman–Crippen MR) is 73.6 cm³/mol. The molecule has 0 aliphatic carbocycles. The molecule has 0 fully saturated rings. The van der Waals surface area contributed by atoms with Crippen LogP contribution in [-0.4, -0.2) is 76.9 Å². The zero-order valence-corrected chi connectivity index (χ0v) is 14.5. The summed E-state index contributed by atoms with van der Waals surface area (Å²) in [5, 5.41) is 16.3. The first-order valence-corrected chi connectivity index (χ1v) is 5.73. The third kappa shape index (κ3) is 12.5. The van der Waals surface area contributed by atoms with Crippen molar-refractivity contribution in [3.05, 3.63) is 0 Å². The fourth-order valence-electron chi connectivity index (χ4n) is 0.792. The van der Waals surface area contributed by atoms with Crippen LogP contribution in [0.3, 0.4) is 0 Å². The van der Waals surface area contributed by atoms with Gasteiger partial charge in [-0.2, -0.15) is 0 Å². The molecule has 0 aromatic carbocycles. The largest absolute Gasteiger partial charge is 0.475 e. The zero-order valence-electron chi connectivity index (χ0n) is 12.3. The molecule has 0 saturated carbocycles. The Hall–Kier alpha value is -0.500. The van der Waals surface area contributed by atoms with Crippen LogP contribution in [0, 0.1) is 11.8 Å². The number of carbonyl (C=O) groups excluding carboxylic acids is 2. The summed E-state index contributed by atoms with van der Waals surface area (Å²) < 4.78 is 0. The molecule has 114 valence electrons. The number of hydrogen-bond donors (Lipinski definition) is 2. The number of carboxylic acid groups (broad SMARTS) is 2. The van der Waals surface area contributed by atoms with Crippen molar-refractivity contribution in [2.45, 2.75) is 40.5 Å². The van der Waals surface area contributed by atoms with Gasteiger partial charge in [0.25, 0.3) is 0 Å². The van der Waals surface area contributed by atoms with E-state index >= 15 is 0 Å². The molecule has 4 N–H and O–H groups in total. The van der Waals surface area contributed by atoms with Crippen LogP contribution in [0.2, 0.25) is 0 Å². The van der Waals surface area contributed by atoms with Crippen LogP contribution >= 0.6 is 0 Å². The second-order valence-corrected chi connectivity index (χ2v) is 3.96. The number of carboxylic acids is 2. The minimum absolute atomic E-state index is 0. The van der Waals surface area contributed by atoms with Gasteiger partial charge >= 0.3 is 11.9 Å². The summed E-state index contributed by atoms with van der Waals surface area (Å²) in [5.41, 5.74) is 0. The maximum atomic E-state index is 10.5. The second kappa shape index (κ2) is 14.9. The fraction of sp³-hybridized carbons (Fsp3) is 0.667. The molecule has 8 heteroatoms. The van der Waals surface area contributed by atoms with Crippen molar-refractivity contribution >= 4 is 61.2 Å². The molecule has 2 radical (unpaired) electrons. The van der Waals surface area contributed by atoms with Gasteiger partial charge in [0.05, 0.1) is 0 Å². The molecule has 0 aromatic rings. The number of ketones is 2. The molecule has 2 unspecified atom stereocenters. The molecule has 0 aliphatic heterocycles. The third-order valence-electron chi connectivity index (χ3n) is 2.54. The quantitative estimate of drug-likeness (QED) is 0.528. The fourth-order valence-corrected chi connectivity index (χ4v) is 0.792. The summed E-state index contributed by atoms with van der Waals surface area (Å²) in [6, 6.07) is 0. The molecule has 0 aromatic heterocycles. The van der Waals surface area contributed by atoms with Gasteiger partial charge in [-0.25, -0.2) is 9.59 Å². The molecule has 20 heavy (non-hydrogen) atoms. The first kappa shape index (κ1) is 27.8. The first-order valence-electron chi connectivity index (χ1n) is 5.73. The van der Waals surface area contributed by atoms with Gasteiger partial charge in [0, 0.05) is 49.6 Å². The summed E-state index contributed by atoms with van der Waals surface area (Å²) in [7, 11) is 0. The van der Waals surface area contributed by atoms with Crippen LogP contribution in [0.15, 0.2) is 0 Å². The van der Waals surface area contributed by atoms with Crippen molar-refractivity contribution < 1.29 is 34.9 Å². The van der Waals surface area contributed by atoms with E-state index in [1.165, 1.54) is 0 Å². The van der Waals surface area contributed by atoms with E-state index in [-0.39, 0.29) is 55.1 Å². The van der Waals surface area contributed by atoms with E-state index in [1.807, 2.05) is 0 Å². The van der Waals surface area contributed by atoms with E-state index in [2.05, 4.69) is 0 Å². The van der Waals surface area contributed by atoms with Crippen LogP contribution in [0.4, 0.5) is 0 Å². The van der Waals surface area contributed by atoms with Crippen molar-refractivity contribution in [2.75, 3.05) is 0 Å². The Morgan fingerprint density at radius 3 is 1.05 bits per heavy atom. The molecule has 0 spiro atoms. The predicted octanol–water partition coefficient (Wildman–Crippen LogP) is 0.167. The molecule has 7 nitrogen and oxygen atoms in total. The maximum absolute atomic E-state index is 10.5. The van der Waals surface area contributed by atoms with Crippen molar-refractivity contribution in [3.8, 4) is 0 Å². The van der Waals surface area contributed by atoms with E-state index in [1.54, 1.807) is 27.7 Å². The number of carbonyl (C=O) groups is 4. The van der Waals surface area contributed by atoms with E-state index in [0.29, 0.717) is 12.8 Å². The van der Waals surface area contributed by atoms with Gasteiger partial charge < -0.3 is 15.7 Å². The van der Waals surface area contributed by atoms with Crippen LogP contribution < -0.4 is 0 Å². The van der Waals surface area contributed by atoms with Crippen molar-refractivity contribution in [1.29, 1.82) is 0 Å². The molecular weight excluding hydrogens is 296 g/mol. The molecule has 2 atom stereocenters. The monoisotopic (exact) mass is 318 g/mol. The standard InChI is InChI=1S/2C6H10O3.Ca.H2O/c2*1-3-4(2)5(7)6(8)9;;/h2*4H,3H2,1-2H3,(H,8,9);;1H2. The van der Waals surface area contributed by atoms with Crippen LogP contribution in [-0.2, 0) is 19.2 Å². The van der Waals surface area contributed by atoms with Crippen molar-refractivity contribution in [3.63, 3.8) is 0 Å². The third-order valence-corrected chi connectivity index (χ3v) is 2.54. The molecule has 0 aliphatic rings.